The Labute approximate surface area is 191 Å². The van der Waals surface area contributed by atoms with Gasteiger partial charge in [-0.15, -0.1) is 0 Å². The maximum Gasteiger partial charge on any atom is 0.272 e. The second-order valence-corrected chi connectivity index (χ2v) is 8.84. The highest BCUT2D eigenvalue weighted by Crippen LogP contribution is 2.41. The Morgan fingerprint density at radius 3 is 2.67 bits per heavy atom. The Balaban J connectivity index is 1.14. The second-order valence-electron chi connectivity index (χ2n) is 8.84. The van der Waals surface area contributed by atoms with E-state index in [9.17, 15) is 14.0 Å². The van der Waals surface area contributed by atoms with E-state index in [0.717, 1.165) is 31.2 Å². The number of allylic oxidation sites excluding steroid dienone is 1. The van der Waals surface area contributed by atoms with Gasteiger partial charge in [0.25, 0.3) is 5.91 Å². The smallest absolute Gasteiger partial charge is 0.272 e. The van der Waals surface area contributed by atoms with E-state index in [2.05, 4.69) is 10.3 Å². The monoisotopic (exact) mass is 448 g/mol. The SMILES string of the molecule is N=C(/C=C\C(=O)NC1CN(C(=O)c2ncccc2C2CC2)C1)c1ccc(F)cc1OC1CC1. The summed E-state index contributed by atoms with van der Waals surface area (Å²) in [6, 6.07) is 7.72. The molecule has 170 valence electrons. The van der Waals surface area contributed by atoms with Crippen molar-refractivity contribution in [2.75, 3.05) is 13.1 Å². The van der Waals surface area contributed by atoms with Gasteiger partial charge in [0.2, 0.25) is 5.91 Å². The fourth-order valence-corrected chi connectivity index (χ4v) is 3.89. The number of carbonyl (C=O) groups is 2. The molecule has 2 aliphatic carbocycles. The van der Waals surface area contributed by atoms with Crippen molar-refractivity contribution >= 4 is 17.5 Å². The Morgan fingerprint density at radius 1 is 1.15 bits per heavy atom. The summed E-state index contributed by atoms with van der Waals surface area (Å²) in [5.74, 6) is -0.116. The van der Waals surface area contributed by atoms with Crippen LogP contribution in [0.1, 0.15) is 53.2 Å². The molecular formula is C25H25FN4O3. The number of ether oxygens (including phenoxy) is 1. The third kappa shape index (κ3) is 4.94. The molecule has 33 heavy (non-hydrogen) atoms. The van der Waals surface area contributed by atoms with E-state index in [0.29, 0.717) is 36.0 Å². The van der Waals surface area contributed by atoms with Gasteiger partial charge >= 0.3 is 0 Å². The molecule has 3 fully saturated rings. The van der Waals surface area contributed by atoms with Crippen LogP contribution in [0.4, 0.5) is 4.39 Å². The molecule has 5 rings (SSSR count). The lowest BCUT2D eigenvalue weighted by atomic mass is 10.0. The van der Waals surface area contributed by atoms with Crippen molar-refractivity contribution in [2.24, 2.45) is 0 Å². The Morgan fingerprint density at radius 2 is 1.94 bits per heavy atom. The predicted molar refractivity (Wildman–Crippen MR) is 120 cm³/mol. The molecule has 2 aromatic rings. The summed E-state index contributed by atoms with van der Waals surface area (Å²) in [5.41, 5.74) is 2.03. The van der Waals surface area contributed by atoms with Crippen LogP contribution in [0.2, 0.25) is 0 Å². The molecule has 2 amide bonds. The average Bonchev–Trinajstić information content (AvgIpc) is 3.69. The molecule has 3 aliphatic rings. The van der Waals surface area contributed by atoms with Crippen LogP contribution in [0.25, 0.3) is 0 Å². The molecule has 1 aromatic carbocycles. The van der Waals surface area contributed by atoms with Gasteiger partial charge in [-0.25, -0.2) is 4.39 Å². The largest absolute Gasteiger partial charge is 0.490 e. The molecule has 0 radical (unpaired) electrons. The van der Waals surface area contributed by atoms with Crippen molar-refractivity contribution in [1.82, 2.24) is 15.2 Å². The van der Waals surface area contributed by atoms with Gasteiger partial charge in [-0.2, -0.15) is 0 Å². The molecule has 2 heterocycles. The van der Waals surface area contributed by atoms with Gasteiger partial charge in [-0.05, 0) is 61.4 Å². The second kappa shape index (κ2) is 8.77. The van der Waals surface area contributed by atoms with E-state index in [4.69, 9.17) is 10.1 Å². The van der Waals surface area contributed by atoms with Crippen LogP contribution in [-0.4, -0.2) is 52.6 Å². The van der Waals surface area contributed by atoms with Crippen LogP contribution >= 0.6 is 0 Å². The van der Waals surface area contributed by atoms with Gasteiger partial charge in [-0.1, -0.05) is 6.07 Å². The fourth-order valence-electron chi connectivity index (χ4n) is 3.89. The number of carbonyl (C=O) groups excluding carboxylic acids is 2. The zero-order chi connectivity index (χ0) is 22.9. The van der Waals surface area contributed by atoms with Gasteiger partial charge < -0.3 is 20.4 Å². The summed E-state index contributed by atoms with van der Waals surface area (Å²) in [6.07, 6.45) is 8.40. The van der Waals surface area contributed by atoms with E-state index < -0.39 is 5.82 Å². The van der Waals surface area contributed by atoms with Gasteiger partial charge in [0.15, 0.2) is 0 Å². The van der Waals surface area contributed by atoms with E-state index in [-0.39, 0.29) is 29.7 Å². The first-order valence-electron chi connectivity index (χ1n) is 11.3. The van der Waals surface area contributed by atoms with Crippen LogP contribution in [0.5, 0.6) is 5.75 Å². The molecule has 7 nitrogen and oxygen atoms in total. The highest BCUT2D eigenvalue weighted by atomic mass is 19.1. The van der Waals surface area contributed by atoms with E-state index in [1.165, 1.54) is 30.4 Å². The molecule has 8 heteroatoms. The van der Waals surface area contributed by atoms with Crippen molar-refractivity contribution in [3.8, 4) is 5.75 Å². The molecule has 1 aromatic heterocycles. The molecule has 0 spiro atoms. The average molecular weight is 448 g/mol. The van der Waals surface area contributed by atoms with Crippen molar-refractivity contribution < 1.29 is 18.7 Å². The molecule has 1 saturated heterocycles. The number of pyridine rings is 1. The molecule has 0 atom stereocenters. The van der Waals surface area contributed by atoms with Crippen LogP contribution in [0.15, 0.2) is 48.7 Å². The van der Waals surface area contributed by atoms with Crippen molar-refractivity contribution in [1.29, 1.82) is 5.41 Å². The lowest BCUT2D eigenvalue weighted by Gasteiger charge is -2.39. The third-order valence-electron chi connectivity index (χ3n) is 6.03. The lowest BCUT2D eigenvalue weighted by Crippen LogP contribution is -2.61. The summed E-state index contributed by atoms with van der Waals surface area (Å²) < 4.78 is 19.3. The first-order valence-corrected chi connectivity index (χ1v) is 11.3. The quantitative estimate of drug-likeness (QED) is 0.479. The van der Waals surface area contributed by atoms with Crippen molar-refractivity contribution in [3.05, 3.63) is 71.3 Å². The summed E-state index contributed by atoms with van der Waals surface area (Å²) >= 11 is 0. The Bertz CT molecular complexity index is 1130. The minimum atomic E-state index is -0.428. The predicted octanol–water partition coefficient (Wildman–Crippen LogP) is 3.20. The number of benzene rings is 1. The van der Waals surface area contributed by atoms with Gasteiger partial charge in [0.1, 0.15) is 17.3 Å². The maximum atomic E-state index is 13.6. The van der Waals surface area contributed by atoms with Crippen LogP contribution in [0, 0.1) is 11.2 Å². The van der Waals surface area contributed by atoms with Gasteiger partial charge in [0.05, 0.1) is 17.9 Å². The zero-order valence-electron chi connectivity index (χ0n) is 18.1. The number of hydrogen-bond donors (Lipinski definition) is 2. The Hall–Kier alpha value is -3.55. The number of likely N-dealkylation sites (tertiary alicyclic amines) is 1. The standard InChI is InChI=1S/C25H25FN4O3/c26-16-5-8-20(22(12-16)33-18-6-7-18)21(27)9-10-23(31)29-17-13-30(14-17)25(32)24-19(15-3-4-15)2-1-11-28-24/h1-2,5,8-12,15,17-18,27H,3-4,6-7,13-14H2,(H,29,31)/b10-9-,27-21?. The van der Waals surface area contributed by atoms with Crippen molar-refractivity contribution in [2.45, 2.75) is 43.7 Å². The van der Waals surface area contributed by atoms with E-state index in [1.807, 2.05) is 12.1 Å². The Kier molecular flexibility index (Phi) is 5.66. The topological polar surface area (TPSA) is 95.4 Å². The first-order chi connectivity index (χ1) is 16.0. The highest BCUT2D eigenvalue weighted by Gasteiger charge is 2.36. The normalized spacial score (nSPS) is 18.2. The van der Waals surface area contributed by atoms with Crippen LogP contribution in [0.3, 0.4) is 0 Å². The first kappa shape index (κ1) is 21.3. The zero-order valence-corrected chi connectivity index (χ0v) is 18.1. The molecule has 2 saturated carbocycles. The number of halogens is 1. The van der Waals surface area contributed by atoms with Crippen molar-refractivity contribution in [3.63, 3.8) is 0 Å². The van der Waals surface area contributed by atoms with Crippen LogP contribution < -0.4 is 10.1 Å². The number of nitrogens with zero attached hydrogens (tertiary/aromatic N) is 2. The summed E-state index contributed by atoms with van der Waals surface area (Å²) in [6.45, 7) is 0.849. The number of aromatic nitrogens is 1. The van der Waals surface area contributed by atoms with E-state index in [1.54, 1.807) is 11.1 Å². The van der Waals surface area contributed by atoms with Crippen LogP contribution in [-0.2, 0) is 4.79 Å². The third-order valence-corrected chi connectivity index (χ3v) is 6.03. The minimum Gasteiger partial charge on any atom is -0.490 e. The number of rotatable bonds is 8. The minimum absolute atomic E-state index is 0.0639. The number of amides is 2. The summed E-state index contributed by atoms with van der Waals surface area (Å²) in [4.78, 5) is 31.1. The van der Waals surface area contributed by atoms with Gasteiger partial charge in [-0.3, -0.25) is 14.6 Å². The lowest BCUT2D eigenvalue weighted by molar-refractivity contribution is -0.118. The summed E-state index contributed by atoms with van der Waals surface area (Å²) in [7, 11) is 0. The molecule has 0 unspecified atom stereocenters. The number of hydrogen-bond acceptors (Lipinski definition) is 5. The molecule has 1 aliphatic heterocycles. The van der Waals surface area contributed by atoms with Gasteiger partial charge in [0, 0.05) is 37.0 Å². The fraction of sp³-hybridized carbons (Fsp3) is 0.360. The molecule has 2 N–H and O–H groups in total. The van der Waals surface area contributed by atoms with E-state index >= 15 is 0 Å². The highest BCUT2D eigenvalue weighted by molar-refractivity contribution is 6.10. The maximum absolute atomic E-state index is 13.6. The summed E-state index contributed by atoms with van der Waals surface area (Å²) in [5, 5.41) is 11.1. The molecular weight excluding hydrogens is 423 g/mol. The molecule has 0 bridgehead atoms. The number of nitrogens with one attached hydrogen (secondary N) is 2.